The lowest BCUT2D eigenvalue weighted by atomic mass is 10.1. The van der Waals surface area contributed by atoms with Crippen LogP contribution in [0.1, 0.15) is 53.4 Å². The van der Waals surface area contributed by atoms with E-state index in [1.54, 1.807) is 0 Å². The molecule has 0 rings (SSSR count). The lowest BCUT2D eigenvalue weighted by Gasteiger charge is -2.14. The Bertz CT molecular complexity index is 274. The minimum Gasteiger partial charge on any atom is -0.449 e. The van der Waals surface area contributed by atoms with Gasteiger partial charge in [0.15, 0.2) is 6.10 Å². The maximum Gasteiger partial charge on any atom is 0.303 e. The van der Waals surface area contributed by atoms with Crippen molar-refractivity contribution in [2.75, 3.05) is 19.6 Å². The van der Waals surface area contributed by atoms with Crippen LogP contribution in [0.3, 0.4) is 0 Å². The lowest BCUT2D eigenvalue weighted by molar-refractivity contribution is -0.144. The van der Waals surface area contributed by atoms with Crippen molar-refractivity contribution >= 4 is 5.97 Å². The Kier molecular flexibility index (Phi) is 10.5. The molecule has 1 atom stereocenters. The molecule has 0 saturated carbocycles. The van der Waals surface area contributed by atoms with E-state index in [1.165, 1.54) is 13.3 Å². The summed E-state index contributed by atoms with van der Waals surface area (Å²) in [4.78, 5) is 13.2. The Morgan fingerprint density at radius 2 is 1.89 bits per heavy atom. The Morgan fingerprint density at radius 3 is 2.39 bits per heavy atom. The molecule has 18 heavy (non-hydrogen) atoms. The average molecular weight is 253 g/mol. The fraction of sp³-hybridized carbons (Fsp3) is 0.800. The number of esters is 1. The molecule has 104 valence electrons. The van der Waals surface area contributed by atoms with E-state index in [1.807, 2.05) is 0 Å². The molecule has 0 saturated heterocycles. The van der Waals surface area contributed by atoms with E-state index >= 15 is 0 Å². The molecule has 0 radical (unpaired) electrons. The van der Waals surface area contributed by atoms with Crippen molar-refractivity contribution in [2.45, 2.75) is 59.5 Å². The van der Waals surface area contributed by atoms with Crippen molar-refractivity contribution in [3.05, 3.63) is 0 Å². The first kappa shape index (κ1) is 17.0. The van der Waals surface area contributed by atoms with Gasteiger partial charge in [-0.3, -0.25) is 9.69 Å². The molecule has 0 aliphatic heterocycles. The van der Waals surface area contributed by atoms with Crippen molar-refractivity contribution in [1.82, 2.24) is 4.90 Å². The monoisotopic (exact) mass is 253 g/mol. The zero-order valence-electron chi connectivity index (χ0n) is 12.3. The number of unbranched alkanes of at least 4 members (excludes halogenated alkanes) is 2. The van der Waals surface area contributed by atoms with E-state index in [4.69, 9.17) is 4.74 Å². The van der Waals surface area contributed by atoms with Crippen LogP contribution < -0.4 is 0 Å². The number of hydrogen-bond acceptors (Lipinski definition) is 3. The number of carbonyl (C=O) groups excluding carboxylic acids is 1. The first-order valence-corrected chi connectivity index (χ1v) is 7.01. The Hall–Kier alpha value is -1.01. The average Bonchev–Trinajstić information content (AvgIpc) is 2.34. The first-order valence-electron chi connectivity index (χ1n) is 7.01. The van der Waals surface area contributed by atoms with Gasteiger partial charge in [-0.25, -0.2) is 0 Å². The van der Waals surface area contributed by atoms with Crippen molar-refractivity contribution < 1.29 is 9.53 Å². The second-order valence-electron chi connectivity index (χ2n) is 4.38. The summed E-state index contributed by atoms with van der Waals surface area (Å²) in [6, 6.07) is 0. The van der Waals surface area contributed by atoms with Crippen LogP contribution in [0.15, 0.2) is 0 Å². The SMILES string of the molecule is CCCCC[C@H](C#CCN(CC)CC)OC(C)=O. The normalized spacial score (nSPS) is 11.8. The van der Waals surface area contributed by atoms with Crippen LogP contribution in [-0.2, 0) is 9.53 Å². The molecular weight excluding hydrogens is 226 g/mol. The predicted octanol–water partition coefficient (Wildman–Crippen LogP) is 2.84. The summed E-state index contributed by atoms with van der Waals surface area (Å²) in [5.41, 5.74) is 0. The summed E-state index contributed by atoms with van der Waals surface area (Å²) < 4.78 is 5.21. The molecule has 0 N–H and O–H groups in total. The van der Waals surface area contributed by atoms with Crippen LogP contribution in [0.25, 0.3) is 0 Å². The largest absolute Gasteiger partial charge is 0.449 e. The zero-order chi connectivity index (χ0) is 13.8. The topological polar surface area (TPSA) is 29.5 Å². The number of ether oxygens (including phenoxy) is 1. The molecule has 3 heteroatoms. The van der Waals surface area contributed by atoms with Crippen LogP contribution in [0, 0.1) is 11.8 Å². The van der Waals surface area contributed by atoms with E-state index in [9.17, 15) is 4.79 Å². The van der Waals surface area contributed by atoms with Crippen molar-refractivity contribution in [3.8, 4) is 11.8 Å². The van der Waals surface area contributed by atoms with Gasteiger partial charge in [-0.15, -0.1) is 0 Å². The van der Waals surface area contributed by atoms with Gasteiger partial charge < -0.3 is 4.74 Å². The highest BCUT2D eigenvalue weighted by molar-refractivity contribution is 5.66. The summed E-state index contributed by atoms with van der Waals surface area (Å²) in [5, 5.41) is 0. The molecule has 0 aliphatic carbocycles. The summed E-state index contributed by atoms with van der Waals surface area (Å²) in [6.07, 6.45) is 4.01. The number of nitrogens with zero attached hydrogens (tertiary/aromatic N) is 1. The molecule has 0 aromatic rings. The summed E-state index contributed by atoms with van der Waals surface area (Å²) in [5.74, 6) is 5.95. The maximum atomic E-state index is 11.0. The van der Waals surface area contributed by atoms with Crippen LogP contribution >= 0.6 is 0 Å². The molecule has 0 spiro atoms. The number of hydrogen-bond donors (Lipinski definition) is 0. The van der Waals surface area contributed by atoms with Crippen molar-refractivity contribution in [1.29, 1.82) is 0 Å². The number of carbonyl (C=O) groups is 1. The zero-order valence-corrected chi connectivity index (χ0v) is 12.3. The third-order valence-corrected chi connectivity index (χ3v) is 2.84. The third-order valence-electron chi connectivity index (χ3n) is 2.84. The van der Waals surface area contributed by atoms with Gasteiger partial charge >= 0.3 is 5.97 Å². The molecular formula is C15H27NO2. The fourth-order valence-corrected chi connectivity index (χ4v) is 1.66. The highest BCUT2D eigenvalue weighted by Crippen LogP contribution is 2.06. The molecule has 0 amide bonds. The lowest BCUT2D eigenvalue weighted by Crippen LogP contribution is -2.23. The van der Waals surface area contributed by atoms with Gasteiger partial charge in [0.2, 0.25) is 0 Å². The summed E-state index contributed by atoms with van der Waals surface area (Å²) in [7, 11) is 0. The van der Waals surface area contributed by atoms with E-state index in [-0.39, 0.29) is 12.1 Å². The quantitative estimate of drug-likeness (QED) is 0.378. The second-order valence-corrected chi connectivity index (χ2v) is 4.38. The fourth-order valence-electron chi connectivity index (χ4n) is 1.66. The first-order chi connectivity index (χ1) is 8.63. The molecule has 0 aromatic heterocycles. The van der Waals surface area contributed by atoms with Gasteiger partial charge in [0, 0.05) is 6.92 Å². The minimum absolute atomic E-state index is 0.232. The molecule has 3 nitrogen and oxygen atoms in total. The minimum atomic E-state index is -0.242. The van der Waals surface area contributed by atoms with E-state index in [0.717, 1.165) is 38.9 Å². The molecule has 0 unspecified atom stereocenters. The maximum absolute atomic E-state index is 11.0. The highest BCUT2D eigenvalue weighted by atomic mass is 16.5. The smallest absolute Gasteiger partial charge is 0.303 e. The van der Waals surface area contributed by atoms with E-state index < -0.39 is 0 Å². The van der Waals surface area contributed by atoms with Gasteiger partial charge in [0.1, 0.15) is 0 Å². The van der Waals surface area contributed by atoms with Gasteiger partial charge in [-0.2, -0.15) is 0 Å². The summed E-state index contributed by atoms with van der Waals surface area (Å²) in [6.45, 7) is 10.6. The van der Waals surface area contributed by atoms with Gasteiger partial charge in [-0.1, -0.05) is 45.5 Å². The Balaban J connectivity index is 4.20. The van der Waals surface area contributed by atoms with Crippen LogP contribution in [0.5, 0.6) is 0 Å². The van der Waals surface area contributed by atoms with Crippen molar-refractivity contribution in [2.24, 2.45) is 0 Å². The Labute approximate surface area is 112 Å². The summed E-state index contributed by atoms with van der Waals surface area (Å²) >= 11 is 0. The Morgan fingerprint density at radius 1 is 1.22 bits per heavy atom. The number of rotatable bonds is 8. The standard InChI is InChI=1S/C15H27NO2/c1-5-8-9-11-15(18-14(4)17)12-10-13-16(6-2)7-3/h15H,5-9,11,13H2,1-4H3/t15-/m1/s1. The molecule has 0 aliphatic rings. The molecule has 0 fully saturated rings. The molecule has 0 aromatic carbocycles. The van der Waals surface area contributed by atoms with Crippen LogP contribution in [0.2, 0.25) is 0 Å². The van der Waals surface area contributed by atoms with E-state index in [0.29, 0.717) is 0 Å². The van der Waals surface area contributed by atoms with Gasteiger partial charge in [0.25, 0.3) is 0 Å². The van der Waals surface area contributed by atoms with Crippen molar-refractivity contribution in [3.63, 3.8) is 0 Å². The van der Waals surface area contributed by atoms with Gasteiger partial charge in [-0.05, 0) is 25.9 Å². The van der Waals surface area contributed by atoms with E-state index in [2.05, 4.69) is 37.5 Å². The molecule has 0 heterocycles. The van der Waals surface area contributed by atoms with Crippen LogP contribution in [0.4, 0.5) is 0 Å². The third kappa shape index (κ3) is 9.07. The van der Waals surface area contributed by atoms with Crippen LogP contribution in [-0.4, -0.2) is 36.6 Å². The van der Waals surface area contributed by atoms with Gasteiger partial charge in [0.05, 0.1) is 6.54 Å². The highest BCUT2D eigenvalue weighted by Gasteiger charge is 2.07. The second kappa shape index (κ2) is 11.1. The molecule has 0 bridgehead atoms. The predicted molar refractivity (Wildman–Crippen MR) is 75.3 cm³/mol.